The second-order valence-corrected chi connectivity index (χ2v) is 14.6. The highest BCUT2D eigenvalue weighted by Gasteiger charge is 2.37. The number of imidazole rings is 2. The number of nitrogens with zero attached hydrogens (tertiary/aromatic N) is 4. The molecule has 0 saturated carbocycles. The fourth-order valence-electron chi connectivity index (χ4n) is 6.64. The normalized spacial score (nSPS) is 13.8. The van der Waals surface area contributed by atoms with Gasteiger partial charge in [-0.1, -0.05) is 70.5 Å². The maximum Gasteiger partial charge on any atom is 0.407 e. The second-order valence-electron chi connectivity index (χ2n) is 14.6. The summed E-state index contributed by atoms with van der Waals surface area (Å²) in [6.45, 7) is 10.0. The van der Waals surface area contributed by atoms with Crippen molar-refractivity contribution in [3.63, 3.8) is 0 Å². The van der Waals surface area contributed by atoms with Gasteiger partial charge in [-0.3, -0.25) is 19.4 Å². The number of aromatic nitrogens is 5. The number of alkyl carbamates (subject to hydrolysis) is 1. The molecule has 2 atom stereocenters. The maximum absolute atomic E-state index is 13.5. The number of rotatable bonds is 15. The Kier molecular flexibility index (Phi) is 18.0. The van der Waals surface area contributed by atoms with Gasteiger partial charge in [0.15, 0.2) is 0 Å². The number of likely N-dealkylation sites (N-methyl/N-ethyl adjacent to an activating group) is 1. The van der Waals surface area contributed by atoms with Crippen molar-refractivity contribution < 1.29 is 28.7 Å². The Morgan fingerprint density at radius 1 is 0.898 bits per heavy atom. The monoisotopic (exact) mass is 809 g/mol. The van der Waals surface area contributed by atoms with Gasteiger partial charge < -0.3 is 40.3 Å². The molecule has 0 radical (unpaired) electrons. The van der Waals surface area contributed by atoms with Crippen LogP contribution in [-0.4, -0.2) is 101 Å². The Balaban J connectivity index is 0.00000102. The first kappa shape index (κ1) is 45.6. The number of benzene rings is 2. The zero-order valence-corrected chi connectivity index (χ0v) is 35.3. The van der Waals surface area contributed by atoms with Crippen LogP contribution in [0.4, 0.5) is 4.79 Å². The van der Waals surface area contributed by atoms with Crippen LogP contribution < -0.4 is 16.0 Å². The van der Waals surface area contributed by atoms with Crippen molar-refractivity contribution >= 4 is 35.3 Å². The highest BCUT2D eigenvalue weighted by atomic mass is 16.5. The largest absolute Gasteiger partial charge is 0.471 e. The van der Waals surface area contributed by atoms with E-state index in [1.54, 1.807) is 7.05 Å². The molecule has 1 saturated heterocycles. The molecule has 15 heteroatoms. The first-order valence-corrected chi connectivity index (χ1v) is 20.2. The molecule has 0 spiro atoms. The number of unbranched alkanes of at least 4 members (excludes halogenated alkanes) is 1. The molecule has 2 aromatic carbocycles. The molecule has 1 aliphatic heterocycles. The topological polar surface area (TPSA) is 196 Å². The summed E-state index contributed by atoms with van der Waals surface area (Å²) in [6.07, 6.45) is 10.4. The summed E-state index contributed by atoms with van der Waals surface area (Å²) in [5.41, 5.74) is 6.81. The van der Waals surface area contributed by atoms with Crippen LogP contribution in [0.2, 0.25) is 0 Å². The van der Waals surface area contributed by atoms with Crippen molar-refractivity contribution in [3.8, 4) is 33.6 Å². The molecule has 5 aromatic rings. The van der Waals surface area contributed by atoms with Gasteiger partial charge in [-0.2, -0.15) is 0 Å². The van der Waals surface area contributed by atoms with E-state index < -0.39 is 12.1 Å². The van der Waals surface area contributed by atoms with E-state index in [9.17, 15) is 14.4 Å². The standard InChI is InChI=1S/C39H47N9O4.C3H8.C2H4O2/c1-24(2)36(47-39(51)52-4)38(50)48-17-7-8-33(48)37-44-22-31(46-37)26-12-10-25(11-13-26)27-14-15-28-18-29(20-42-30(28)19-27)32-21-43-34(45-32)9-5-6-16-41-35(49)23-40-3;1-3-2;1-4-2-3/h10-15,18-22,24,33,36,40H,5-9,16-17,23H2,1-4H3,(H,41,49)(H,43,45)(H,44,46)(H,47,51);3H2,1-2H3;2H,1H3. The molecular formula is C44H59N9O6. The van der Waals surface area contributed by atoms with Crippen LogP contribution in [0, 0.1) is 5.92 Å². The Hall–Kier alpha value is -6.09. The summed E-state index contributed by atoms with van der Waals surface area (Å²) in [5, 5.41) is 9.48. The number of H-pyrrole nitrogens is 2. The fraction of sp³-hybridized carbons (Fsp3) is 0.432. The van der Waals surface area contributed by atoms with Gasteiger partial charge in [-0.25, -0.2) is 14.8 Å². The number of methoxy groups -OCH3 is 2. The van der Waals surface area contributed by atoms with Crippen molar-refractivity contribution in [2.45, 2.75) is 78.3 Å². The molecule has 59 heavy (non-hydrogen) atoms. The van der Waals surface area contributed by atoms with Gasteiger partial charge in [0.05, 0.1) is 56.1 Å². The van der Waals surface area contributed by atoms with E-state index in [1.165, 1.54) is 20.6 Å². The number of fused-ring (bicyclic) bond motifs is 1. The van der Waals surface area contributed by atoms with Crippen LogP contribution in [0.25, 0.3) is 44.5 Å². The third kappa shape index (κ3) is 13.0. The summed E-state index contributed by atoms with van der Waals surface area (Å²) in [6, 6.07) is 15.9. The highest BCUT2D eigenvalue weighted by Crippen LogP contribution is 2.33. The molecule has 1 fully saturated rings. The van der Waals surface area contributed by atoms with E-state index in [0.717, 1.165) is 88.3 Å². The van der Waals surface area contributed by atoms with Gasteiger partial charge in [-0.05, 0) is 67.5 Å². The minimum atomic E-state index is -0.676. The number of nitrogens with one attached hydrogen (secondary N) is 5. The van der Waals surface area contributed by atoms with Gasteiger partial charge in [0.1, 0.15) is 17.7 Å². The van der Waals surface area contributed by atoms with Gasteiger partial charge >= 0.3 is 6.09 Å². The summed E-state index contributed by atoms with van der Waals surface area (Å²) in [5.74, 6) is 1.44. The maximum atomic E-state index is 13.5. The smallest absolute Gasteiger partial charge is 0.407 e. The number of carbonyl (C=O) groups excluding carboxylic acids is 4. The Labute approximate surface area is 346 Å². The summed E-state index contributed by atoms with van der Waals surface area (Å²) < 4.78 is 8.61. The number of hydrogen-bond acceptors (Lipinski definition) is 10. The predicted molar refractivity (Wildman–Crippen MR) is 229 cm³/mol. The molecule has 3 aromatic heterocycles. The van der Waals surface area contributed by atoms with Crippen molar-refractivity contribution in [2.75, 3.05) is 40.9 Å². The van der Waals surface area contributed by atoms with Crippen molar-refractivity contribution in [2.24, 2.45) is 5.92 Å². The lowest BCUT2D eigenvalue weighted by Crippen LogP contribution is -2.51. The summed E-state index contributed by atoms with van der Waals surface area (Å²) in [4.78, 5) is 68.6. The first-order valence-electron chi connectivity index (χ1n) is 20.2. The van der Waals surface area contributed by atoms with E-state index in [-0.39, 0.29) is 23.8 Å². The predicted octanol–water partition coefficient (Wildman–Crippen LogP) is 6.59. The van der Waals surface area contributed by atoms with E-state index in [0.29, 0.717) is 26.1 Å². The molecule has 3 amide bonds. The van der Waals surface area contributed by atoms with E-state index in [2.05, 4.69) is 103 Å². The number of aryl methyl sites for hydroxylation is 1. The van der Waals surface area contributed by atoms with Crippen LogP contribution >= 0.6 is 0 Å². The quantitative estimate of drug-likeness (QED) is 0.0569. The molecule has 5 N–H and O–H groups in total. The molecule has 1 aliphatic rings. The number of hydrogen-bond donors (Lipinski definition) is 5. The molecule has 15 nitrogen and oxygen atoms in total. The SMILES string of the molecule is CCC.CNCC(=O)NCCCCc1ncc(-c2cnc3cc(-c4ccc(-c5cnc(C6CCCN6C(=O)C(NC(=O)OC)C(C)C)[nH]5)cc4)ccc3c2)[nH]1.COC=O. The zero-order valence-electron chi connectivity index (χ0n) is 35.3. The van der Waals surface area contributed by atoms with Crippen LogP contribution in [0.1, 0.15) is 77.5 Å². The minimum absolute atomic E-state index is 0.00864. The van der Waals surface area contributed by atoms with Gasteiger partial charge in [0, 0.05) is 36.7 Å². The number of ether oxygens (including phenoxy) is 2. The number of likely N-dealkylation sites (tertiary alicyclic amines) is 1. The molecular weight excluding hydrogens is 751 g/mol. The van der Waals surface area contributed by atoms with Crippen molar-refractivity contribution in [1.82, 2.24) is 45.8 Å². The minimum Gasteiger partial charge on any atom is -0.471 e. The molecule has 6 rings (SSSR count). The number of pyridine rings is 1. The average Bonchev–Trinajstić information content (AvgIpc) is 4.05. The highest BCUT2D eigenvalue weighted by molar-refractivity contribution is 5.88. The lowest BCUT2D eigenvalue weighted by atomic mass is 10.0. The molecule has 0 bridgehead atoms. The third-order valence-corrected chi connectivity index (χ3v) is 9.59. The van der Waals surface area contributed by atoms with E-state index >= 15 is 0 Å². The second kappa shape index (κ2) is 23.3. The molecule has 4 heterocycles. The Morgan fingerprint density at radius 3 is 2.25 bits per heavy atom. The lowest BCUT2D eigenvalue weighted by molar-refractivity contribution is -0.135. The Bertz CT molecular complexity index is 2100. The number of aromatic amines is 2. The van der Waals surface area contributed by atoms with E-state index in [1.807, 2.05) is 37.3 Å². The van der Waals surface area contributed by atoms with Crippen LogP contribution in [0.15, 0.2) is 67.1 Å². The van der Waals surface area contributed by atoms with Gasteiger partial charge in [0.25, 0.3) is 6.47 Å². The zero-order chi connectivity index (χ0) is 42.7. The first-order chi connectivity index (χ1) is 28.6. The summed E-state index contributed by atoms with van der Waals surface area (Å²) >= 11 is 0. The van der Waals surface area contributed by atoms with Crippen LogP contribution in [0.3, 0.4) is 0 Å². The van der Waals surface area contributed by atoms with Crippen molar-refractivity contribution in [3.05, 3.63) is 78.8 Å². The summed E-state index contributed by atoms with van der Waals surface area (Å²) in [7, 11) is 4.36. The number of carbonyl (C=O) groups is 4. The van der Waals surface area contributed by atoms with E-state index in [4.69, 9.17) is 14.5 Å². The third-order valence-electron chi connectivity index (χ3n) is 9.59. The van der Waals surface area contributed by atoms with Crippen molar-refractivity contribution in [1.29, 1.82) is 0 Å². The lowest BCUT2D eigenvalue weighted by Gasteiger charge is -2.30. The Morgan fingerprint density at radius 2 is 1.58 bits per heavy atom. The van der Waals surface area contributed by atoms with Gasteiger partial charge in [0.2, 0.25) is 11.8 Å². The average molecular weight is 810 g/mol. The van der Waals surface area contributed by atoms with Crippen LogP contribution in [0.5, 0.6) is 0 Å². The van der Waals surface area contributed by atoms with Gasteiger partial charge in [-0.15, -0.1) is 0 Å². The van der Waals surface area contributed by atoms with Crippen LogP contribution in [-0.2, 0) is 30.3 Å². The molecule has 2 unspecified atom stereocenters. The molecule has 316 valence electrons. The number of amides is 3. The molecule has 0 aliphatic carbocycles. The fourth-order valence-corrected chi connectivity index (χ4v) is 6.64.